The molecular weight excluding hydrogens is 711 g/mol. The number of aliphatic hydroxyl groups is 1. The largest absolute Gasteiger partial charge is 0.497 e. The highest BCUT2D eigenvalue weighted by Gasteiger charge is 2.53. The molecule has 8 nitrogen and oxygen atoms in total. The summed E-state index contributed by atoms with van der Waals surface area (Å²) in [4.78, 5) is 2.43. The summed E-state index contributed by atoms with van der Waals surface area (Å²) >= 11 is 0. The van der Waals surface area contributed by atoms with Crippen molar-refractivity contribution in [3.8, 4) is 11.8 Å². The number of β-amino-alcohol motifs (C(OH)–C–C–N with tert-alkyl or cyclic N) is 1. The number of benzene rings is 2. The van der Waals surface area contributed by atoms with Crippen LogP contribution in [0, 0.1) is 11.3 Å². The predicted octanol–water partition coefficient (Wildman–Crippen LogP) is 9.61. The first-order chi connectivity index (χ1) is 24.2. The maximum absolute atomic E-state index is 12.0. The smallest absolute Gasteiger partial charge is 0.192 e. The van der Waals surface area contributed by atoms with Crippen LogP contribution in [0.2, 0.25) is 54.4 Å². The zero-order chi connectivity index (χ0) is 40.2. The maximum atomic E-state index is 12.0. The molecule has 0 radical (unpaired) electrons. The van der Waals surface area contributed by atoms with Crippen molar-refractivity contribution < 1.29 is 23.1 Å². The summed E-state index contributed by atoms with van der Waals surface area (Å²) in [6.45, 7) is 36.9. The van der Waals surface area contributed by atoms with E-state index in [1.165, 1.54) is 11.1 Å². The van der Waals surface area contributed by atoms with Gasteiger partial charge in [-0.1, -0.05) is 86.6 Å². The van der Waals surface area contributed by atoms with E-state index >= 15 is 0 Å². The average Bonchev–Trinajstić information content (AvgIpc) is 3.03. The van der Waals surface area contributed by atoms with Gasteiger partial charge in [0, 0.05) is 31.4 Å². The number of hydrogen-bond acceptors (Lipinski definition) is 8. The lowest BCUT2D eigenvalue weighted by Crippen LogP contribution is -2.69. The molecule has 0 amide bonds. The van der Waals surface area contributed by atoms with Gasteiger partial charge in [0.05, 0.1) is 49.7 Å². The molecule has 2 unspecified atom stereocenters. The fourth-order valence-corrected chi connectivity index (χ4v) is 9.47. The van der Waals surface area contributed by atoms with E-state index in [9.17, 15) is 10.4 Å². The number of nitrogens with one attached hydrogen (secondary N) is 1. The lowest BCUT2D eigenvalue weighted by Gasteiger charge is -2.54. The molecule has 53 heavy (non-hydrogen) atoms. The molecule has 0 aliphatic carbocycles. The second-order valence-electron chi connectivity index (χ2n) is 19.7. The Kier molecular flexibility index (Phi) is 14.9. The molecule has 1 saturated heterocycles. The van der Waals surface area contributed by atoms with Gasteiger partial charge in [0.2, 0.25) is 0 Å². The van der Waals surface area contributed by atoms with Gasteiger partial charge in [0.25, 0.3) is 0 Å². The van der Waals surface area contributed by atoms with Gasteiger partial charge < -0.3 is 28.4 Å². The van der Waals surface area contributed by atoms with Crippen molar-refractivity contribution >= 4 is 30.6 Å². The van der Waals surface area contributed by atoms with Gasteiger partial charge in [0.1, 0.15) is 5.75 Å². The molecule has 298 valence electrons. The molecule has 0 bridgehead atoms. The van der Waals surface area contributed by atoms with Gasteiger partial charge >= 0.3 is 0 Å². The summed E-state index contributed by atoms with van der Waals surface area (Å²) in [6, 6.07) is 16.5. The quantitative estimate of drug-likeness (QED) is 0.173. The Balaban J connectivity index is 1.87. The monoisotopic (exact) mass is 783 g/mol. The number of methoxy groups -OCH3 is 1. The van der Waals surface area contributed by atoms with Crippen molar-refractivity contribution in [3.05, 3.63) is 59.2 Å². The molecule has 1 fully saturated rings. The topological polar surface area (TPSA) is 96.2 Å². The van der Waals surface area contributed by atoms with Crippen LogP contribution < -0.4 is 10.1 Å². The van der Waals surface area contributed by atoms with Crippen molar-refractivity contribution in [2.45, 2.75) is 154 Å². The van der Waals surface area contributed by atoms with E-state index in [2.05, 4.69) is 142 Å². The number of aliphatic hydroxyl groups excluding tert-OH is 1. The molecule has 0 saturated carbocycles. The lowest BCUT2D eigenvalue weighted by atomic mass is 9.93. The minimum absolute atomic E-state index is 0.00259. The number of hydrogen-bond donors (Lipinski definition) is 2. The Hall–Kier alpha value is -2.02. The summed E-state index contributed by atoms with van der Waals surface area (Å²) in [5.74, 6) is 0.669. The van der Waals surface area contributed by atoms with E-state index in [0.29, 0.717) is 24.5 Å². The average molecular weight is 784 g/mol. The third-order valence-corrected chi connectivity index (χ3v) is 26.0. The van der Waals surface area contributed by atoms with Crippen LogP contribution in [-0.2, 0) is 26.1 Å². The highest BCUT2D eigenvalue weighted by molar-refractivity contribution is 6.75. The molecule has 1 heterocycles. The summed E-state index contributed by atoms with van der Waals surface area (Å²) in [5.41, 5.74) is 3.95. The maximum Gasteiger partial charge on any atom is 0.192 e. The van der Waals surface area contributed by atoms with Gasteiger partial charge in [-0.05, 0) is 90.5 Å². The first kappa shape index (κ1) is 45.4. The van der Waals surface area contributed by atoms with Crippen molar-refractivity contribution in [2.75, 3.05) is 38.7 Å². The Morgan fingerprint density at radius 1 is 0.774 bits per heavy atom. The Labute approximate surface area is 326 Å². The van der Waals surface area contributed by atoms with Crippen LogP contribution in [0.4, 0.5) is 5.69 Å². The van der Waals surface area contributed by atoms with Gasteiger partial charge in [-0.2, -0.15) is 5.26 Å². The fraction of sp³-hybridized carbons (Fsp3) is 0.690. The van der Waals surface area contributed by atoms with E-state index < -0.39 is 37.2 Å². The molecule has 3 rings (SSSR count). The molecule has 4 atom stereocenters. The zero-order valence-electron chi connectivity index (χ0n) is 36.1. The number of likely N-dealkylation sites (tertiary alicyclic amines) is 1. The molecule has 1 aliphatic heterocycles. The Morgan fingerprint density at radius 2 is 1.28 bits per heavy atom. The minimum atomic E-state index is -2.28. The van der Waals surface area contributed by atoms with Gasteiger partial charge in [-0.25, -0.2) is 0 Å². The number of piperidine rings is 1. The number of nitrogens with zero attached hydrogens (tertiary/aromatic N) is 2. The third kappa shape index (κ3) is 12.0. The summed E-state index contributed by atoms with van der Waals surface area (Å²) in [7, 11) is -5.00. The number of ether oxygens (including phenoxy) is 1. The second kappa shape index (κ2) is 17.4. The fourth-order valence-electron chi connectivity index (χ4n) is 5.80. The number of anilines is 1. The van der Waals surface area contributed by atoms with Crippen LogP contribution in [0.5, 0.6) is 5.75 Å². The van der Waals surface area contributed by atoms with Crippen molar-refractivity contribution in [2.24, 2.45) is 0 Å². The highest BCUT2D eigenvalue weighted by Crippen LogP contribution is 2.44. The summed E-state index contributed by atoms with van der Waals surface area (Å²) in [5, 5.41) is 24.9. The van der Waals surface area contributed by atoms with Gasteiger partial charge in [-0.3, -0.25) is 4.90 Å². The standard InChI is InChI=1S/C42H73N3O5Si3/c1-40(2,3)51(11,12)48-30-36-38(49-52(13,14)41(4,5)6)39(50-53(15,16)42(7,8)9)37(46)29-45(36)24-22-32-19-17-31(18-20-32)21-23-44-34-25-33(28-43)26-35(27-34)47-10/h17-20,25-27,36-39,44,46H,21-24,29-30H2,1-16H3/t36-,37+,38?,39?/m1/s1. The van der Waals surface area contributed by atoms with Crippen molar-refractivity contribution in [1.82, 2.24) is 4.90 Å². The second-order valence-corrected chi connectivity index (χ2v) is 34.0. The molecule has 2 aromatic carbocycles. The third-order valence-electron chi connectivity index (χ3n) is 12.6. The number of nitriles is 1. The number of rotatable bonds is 15. The first-order valence-corrected chi connectivity index (χ1v) is 28.3. The molecular formula is C42H73N3O5Si3. The van der Waals surface area contributed by atoms with E-state index in [1.54, 1.807) is 13.2 Å². The first-order valence-electron chi connectivity index (χ1n) is 19.5. The minimum Gasteiger partial charge on any atom is -0.497 e. The molecule has 0 spiro atoms. The van der Waals surface area contributed by atoms with Crippen molar-refractivity contribution in [1.29, 1.82) is 5.26 Å². The van der Waals surface area contributed by atoms with Crippen LogP contribution >= 0.6 is 0 Å². The highest BCUT2D eigenvalue weighted by atomic mass is 28.4. The van der Waals surface area contributed by atoms with E-state index in [-0.39, 0.29) is 27.3 Å². The zero-order valence-corrected chi connectivity index (χ0v) is 39.1. The van der Waals surface area contributed by atoms with Crippen LogP contribution in [0.1, 0.15) is 79.0 Å². The Morgan fingerprint density at radius 3 is 1.77 bits per heavy atom. The van der Waals surface area contributed by atoms with E-state index in [4.69, 9.17) is 18.0 Å². The molecule has 0 aromatic heterocycles. The molecule has 11 heteroatoms. The summed E-state index contributed by atoms with van der Waals surface area (Å²) in [6.07, 6.45) is 0.287. The molecule has 2 aromatic rings. The summed E-state index contributed by atoms with van der Waals surface area (Å²) < 4.78 is 26.9. The van der Waals surface area contributed by atoms with Crippen LogP contribution in [-0.4, -0.2) is 92.7 Å². The van der Waals surface area contributed by atoms with Gasteiger partial charge in [-0.15, -0.1) is 0 Å². The van der Waals surface area contributed by atoms with Crippen LogP contribution in [0.25, 0.3) is 0 Å². The van der Waals surface area contributed by atoms with Crippen molar-refractivity contribution in [3.63, 3.8) is 0 Å². The van der Waals surface area contributed by atoms with Crippen LogP contribution in [0.3, 0.4) is 0 Å². The van der Waals surface area contributed by atoms with Gasteiger partial charge in [0.15, 0.2) is 25.0 Å². The van der Waals surface area contributed by atoms with E-state index in [1.807, 2.05) is 12.1 Å². The normalized spacial score (nSPS) is 21.0. The SMILES string of the molecule is COc1cc(C#N)cc(NCCc2ccc(CCN3C[C@H](O)C(O[Si](C)(C)C(C)(C)C)C(O[Si](C)(C)C(C)(C)C)[C@H]3CO[Si](C)(C)C(C)(C)C)cc2)c1. The lowest BCUT2D eigenvalue weighted by molar-refractivity contribution is -0.132. The van der Waals surface area contributed by atoms with E-state index in [0.717, 1.165) is 31.6 Å². The van der Waals surface area contributed by atoms with Crippen LogP contribution in [0.15, 0.2) is 42.5 Å². The molecule has 1 aliphatic rings. The Bertz CT molecular complexity index is 1520. The molecule has 2 N–H and O–H groups in total. The predicted molar refractivity (Wildman–Crippen MR) is 229 cm³/mol.